The summed E-state index contributed by atoms with van der Waals surface area (Å²) in [4.78, 5) is 11.5. The molecule has 2 aromatic carbocycles. The van der Waals surface area contributed by atoms with E-state index in [1.807, 2.05) is 19.2 Å². The molecule has 1 saturated heterocycles. The monoisotopic (exact) mass is 639 g/mol. The van der Waals surface area contributed by atoms with Crippen LogP contribution in [-0.2, 0) is 22.1 Å². The third-order valence-corrected chi connectivity index (χ3v) is 9.35. The van der Waals surface area contributed by atoms with Gasteiger partial charge >= 0.3 is 0 Å². The summed E-state index contributed by atoms with van der Waals surface area (Å²) in [6, 6.07) is 8.08. The summed E-state index contributed by atoms with van der Waals surface area (Å²) in [5.41, 5.74) is 6.52. The number of aryl methyl sites for hydroxylation is 2. The van der Waals surface area contributed by atoms with Gasteiger partial charge in [0.25, 0.3) is 0 Å². The second-order valence-electron chi connectivity index (χ2n) is 10.3. The van der Waals surface area contributed by atoms with Crippen molar-refractivity contribution in [2.75, 3.05) is 69.3 Å². The fourth-order valence-corrected chi connectivity index (χ4v) is 6.49. The van der Waals surface area contributed by atoms with Crippen molar-refractivity contribution >= 4 is 69.0 Å². The van der Waals surface area contributed by atoms with Crippen LogP contribution in [0.25, 0.3) is 5.57 Å². The Morgan fingerprint density at radius 3 is 2.49 bits per heavy atom. The Hall–Kier alpha value is -3.40. The van der Waals surface area contributed by atoms with Gasteiger partial charge in [-0.05, 0) is 71.4 Å². The molecule has 10 nitrogen and oxygen atoms in total. The van der Waals surface area contributed by atoms with Gasteiger partial charge in [0, 0.05) is 66.9 Å². The average Bonchev–Trinajstić information content (AvgIpc) is 2.94. The highest BCUT2D eigenvalue weighted by atomic mass is 79.9. The lowest BCUT2D eigenvalue weighted by Crippen LogP contribution is -2.36. The first-order valence-electron chi connectivity index (χ1n) is 13.4. The van der Waals surface area contributed by atoms with E-state index in [9.17, 15) is 4.57 Å². The molecule has 2 aliphatic rings. The first-order valence-corrected chi connectivity index (χ1v) is 16.8. The molecule has 41 heavy (non-hydrogen) atoms. The number of aromatic nitrogens is 2. The predicted molar refractivity (Wildman–Crippen MR) is 171 cm³/mol. The number of ether oxygens (including phenoxy) is 2. The molecule has 0 saturated carbocycles. The van der Waals surface area contributed by atoms with E-state index in [1.165, 1.54) is 17.3 Å². The molecule has 0 unspecified atom stereocenters. The Morgan fingerprint density at radius 2 is 1.85 bits per heavy atom. The largest absolute Gasteiger partial charge is 0.494 e. The van der Waals surface area contributed by atoms with Crippen LogP contribution in [-0.4, -0.2) is 70.0 Å². The van der Waals surface area contributed by atoms with Crippen LogP contribution in [0.2, 0.25) is 0 Å². The molecule has 0 atom stereocenters. The topological polar surface area (TPSA) is 124 Å². The number of rotatable bonds is 10. The Kier molecular flexibility index (Phi) is 8.68. The van der Waals surface area contributed by atoms with Crippen molar-refractivity contribution in [2.24, 2.45) is 0 Å². The van der Waals surface area contributed by atoms with Crippen molar-refractivity contribution in [1.82, 2.24) is 15.3 Å². The second kappa shape index (κ2) is 12.2. The Labute approximate surface area is 249 Å². The van der Waals surface area contributed by atoms with Crippen molar-refractivity contribution in [1.29, 1.82) is 5.41 Å². The van der Waals surface area contributed by atoms with Crippen molar-refractivity contribution < 1.29 is 14.0 Å². The fourth-order valence-electron chi connectivity index (χ4n) is 5.03. The first kappa shape index (κ1) is 29.1. The van der Waals surface area contributed by atoms with Crippen molar-refractivity contribution in [3.63, 3.8) is 0 Å². The molecule has 1 aliphatic heterocycles. The highest BCUT2D eigenvalue weighted by Crippen LogP contribution is 2.42. The molecule has 0 amide bonds. The molecular formula is C29H35BrN7O3P. The number of nitrogens with one attached hydrogen (secondary N) is 4. The maximum atomic E-state index is 13.1. The number of morpholine rings is 1. The second-order valence-corrected chi connectivity index (χ2v) is 14.4. The number of hydrogen-bond donors (Lipinski definition) is 4. The van der Waals surface area contributed by atoms with E-state index in [4.69, 9.17) is 19.9 Å². The molecule has 0 bridgehead atoms. The molecule has 2 heterocycles. The van der Waals surface area contributed by atoms with Crippen LogP contribution in [0.5, 0.6) is 5.75 Å². The zero-order valence-corrected chi connectivity index (χ0v) is 26.2. The lowest BCUT2D eigenvalue weighted by atomic mass is 9.88. The number of anilines is 5. The quantitative estimate of drug-likeness (QED) is 0.177. The third-order valence-electron chi connectivity index (χ3n) is 7.24. The molecule has 1 aromatic heterocycles. The average molecular weight is 641 g/mol. The van der Waals surface area contributed by atoms with Crippen LogP contribution in [0, 0.1) is 5.41 Å². The van der Waals surface area contributed by atoms with E-state index in [1.54, 1.807) is 32.8 Å². The van der Waals surface area contributed by atoms with Crippen LogP contribution < -0.4 is 30.9 Å². The Balaban J connectivity index is 1.52. The van der Waals surface area contributed by atoms with E-state index < -0.39 is 7.14 Å². The van der Waals surface area contributed by atoms with Crippen molar-refractivity contribution in [2.45, 2.75) is 12.8 Å². The van der Waals surface area contributed by atoms with Gasteiger partial charge in [-0.15, -0.1) is 0 Å². The molecule has 12 heteroatoms. The predicted octanol–water partition coefficient (Wildman–Crippen LogP) is 5.13. The summed E-state index contributed by atoms with van der Waals surface area (Å²) < 4.78 is 25.2. The lowest BCUT2D eigenvalue weighted by molar-refractivity contribution is 0.122. The summed E-state index contributed by atoms with van der Waals surface area (Å²) in [5, 5.41) is 18.6. The maximum Gasteiger partial charge on any atom is 0.229 e. The highest BCUT2D eigenvalue weighted by molar-refractivity contribution is 9.10. The number of hydrogen-bond acceptors (Lipinski definition) is 10. The van der Waals surface area contributed by atoms with E-state index in [2.05, 4.69) is 53.9 Å². The SMILES string of the molecule is CN/C=C(\C=N)c1cc(Nc2ncc(Br)c(Nc3cc4c(cc3P(C)(C)=O)CC4)n2)c(OC)cc1N1CCOCC1. The number of benzene rings is 2. The van der Waals surface area contributed by atoms with E-state index in [0.29, 0.717) is 40.9 Å². The van der Waals surface area contributed by atoms with Gasteiger partial charge in [-0.3, -0.25) is 0 Å². The number of methoxy groups -OCH3 is 1. The van der Waals surface area contributed by atoms with E-state index in [0.717, 1.165) is 53.7 Å². The normalized spacial score (nSPS) is 15.0. The van der Waals surface area contributed by atoms with Crippen LogP contribution in [0.4, 0.5) is 28.8 Å². The molecule has 0 spiro atoms. The minimum atomic E-state index is -2.53. The number of halogens is 1. The molecular weight excluding hydrogens is 605 g/mol. The Morgan fingerprint density at radius 1 is 1.12 bits per heavy atom. The Bertz CT molecular complexity index is 1550. The van der Waals surface area contributed by atoms with Crippen molar-refractivity contribution in [3.8, 4) is 5.75 Å². The van der Waals surface area contributed by atoms with Gasteiger partial charge in [0.05, 0.1) is 36.2 Å². The smallest absolute Gasteiger partial charge is 0.229 e. The van der Waals surface area contributed by atoms with E-state index >= 15 is 0 Å². The molecule has 4 N–H and O–H groups in total. The summed E-state index contributed by atoms with van der Waals surface area (Å²) in [7, 11) is 0.904. The zero-order chi connectivity index (χ0) is 29.1. The number of fused-ring (bicyclic) bond motifs is 1. The standard InChI is InChI=1S/C29H35BrN7O3P/c1-32-16-20(15-31)21-13-23(26(39-2)14-25(21)37-7-9-40-10-8-37)35-29-33-17-22(30)28(36-29)34-24-11-18-5-6-19(18)12-27(24)41(3,4)38/h11-17,31-32H,5-10H2,1-4H3,(H2,33,34,35,36)/b20-16+,31-15?. The van der Waals surface area contributed by atoms with Crippen LogP contribution in [0.3, 0.4) is 0 Å². The minimum absolute atomic E-state index is 0.356. The van der Waals surface area contributed by atoms with E-state index in [-0.39, 0.29) is 0 Å². The summed E-state index contributed by atoms with van der Waals surface area (Å²) in [6.07, 6.45) is 6.84. The van der Waals surface area contributed by atoms with Gasteiger partial charge in [-0.25, -0.2) is 4.98 Å². The number of nitrogens with zero attached hydrogens (tertiary/aromatic N) is 3. The highest BCUT2D eigenvalue weighted by Gasteiger charge is 2.24. The molecule has 1 fully saturated rings. The van der Waals surface area contributed by atoms with Gasteiger partial charge in [0.2, 0.25) is 5.95 Å². The lowest BCUT2D eigenvalue weighted by Gasteiger charge is -2.31. The van der Waals surface area contributed by atoms with Gasteiger partial charge in [0.15, 0.2) is 0 Å². The summed E-state index contributed by atoms with van der Waals surface area (Å²) in [5.74, 6) is 1.53. The van der Waals surface area contributed by atoms with Gasteiger partial charge in [0.1, 0.15) is 18.7 Å². The minimum Gasteiger partial charge on any atom is -0.494 e. The molecule has 216 valence electrons. The molecule has 0 radical (unpaired) electrons. The van der Waals surface area contributed by atoms with Crippen LogP contribution in [0.15, 0.2) is 41.1 Å². The molecule has 1 aliphatic carbocycles. The zero-order valence-electron chi connectivity index (χ0n) is 23.7. The summed E-state index contributed by atoms with van der Waals surface area (Å²) in [6.45, 7) is 6.33. The molecule has 3 aromatic rings. The number of allylic oxidation sites excluding steroid dienone is 1. The van der Waals surface area contributed by atoms with Crippen LogP contribution in [0.1, 0.15) is 16.7 Å². The van der Waals surface area contributed by atoms with Gasteiger partial charge in [-0.1, -0.05) is 0 Å². The fraction of sp³-hybridized carbons (Fsp3) is 0.345. The summed E-state index contributed by atoms with van der Waals surface area (Å²) >= 11 is 3.57. The van der Waals surface area contributed by atoms with Crippen LogP contribution >= 0.6 is 23.1 Å². The van der Waals surface area contributed by atoms with Gasteiger partial charge in [-0.2, -0.15) is 4.98 Å². The molecule has 5 rings (SSSR count). The van der Waals surface area contributed by atoms with Crippen molar-refractivity contribution in [3.05, 3.63) is 57.8 Å². The maximum absolute atomic E-state index is 13.1. The van der Waals surface area contributed by atoms with Gasteiger partial charge < -0.3 is 40.3 Å². The third kappa shape index (κ3) is 6.27. The first-order chi connectivity index (χ1) is 19.7.